The molecule has 3 aliphatic carbocycles. The molecule has 35 heavy (non-hydrogen) atoms. The Balaban J connectivity index is 0.000000124. The van der Waals surface area contributed by atoms with Gasteiger partial charge in [0, 0.05) is 16.7 Å². The first kappa shape index (κ1) is 24.0. The van der Waals surface area contributed by atoms with Crippen LogP contribution in [0.5, 0.6) is 0 Å². The maximum absolute atomic E-state index is 11.5. The van der Waals surface area contributed by atoms with E-state index in [1.54, 1.807) is 6.08 Å². The summed E-state index contributed by atoms with van der Waals surface area (Å²) < 4.78 is 0. The Kier molecular flexibility index (Phi) is 7.45. The number of carbonyl (C=O) groups is 1. The van der Waals surface area contributed by atoms with Crippen LogP contribution in [0.15, 0.2) is 127 Å². The van der Waals surface area contributed by atoms with Crippen LogP contribution in [0.25, 0.3) is 18.2 Å². The molecule has 3 aromatic carbocycles. The number of hydrogen-bond donors (Lipinski definition) is 0. The molecule has 3 aromatic rings. The molecule has 0 atom stereocenters. The molecule has 0 heterocycles. The van der Waals surface area contributed by atoms with Crippen LogP contribution >= 0.6 is 12.2 Å². The number of fused-ring (bicyclic) bond motifs is 3. The van der Waals surface area contributed by atoms with Crippen molar-refractivity contribution in [3.63, 3.8) is 0 Å². The van der Waals surface area contributed by atoms with Gasteiger partial charge in [0.15, 0.2) is 5.78 Å². The molecular weight excluding hydrogens is 444 g/mol. The average molecular weight is 471 g/mol. The van der Waals surface area contributed by atoms with E-state index < -0.39 is 0 Å². The van der Waals surface area contributed by atoms with Gasteiger partial charge in [-0.25, -0.2) is 0 Å². The monoisotopic (exact) mass is 470 g/mol. The normalized spacial score (nSPS) is 14.7. The van der Waals surface area contributed by atoms with Crippen LogP contribution in [0.2, 0.25) is 0 Å². The highest BCUT2D eigenvalue weighted by atomic mass is 32.1. The molecule has 0 fully saturated rings. The number of Topliss-reactive ketones (excluding diaryl/α,β-unsaturated/α-hetero) is 1. The molecule has 0 unspecified atom stereocenters. The van der Waals surface area contributed by atoms with E-state index in [1.807, 2.05) is 60.7 Å². The van der Waals surface area contributed by atoms with E-state index in [-0.39, 0.29) is 5.78 Å². The Labute approximate surface area is 212 Å². The highest BCUT2D eigenvalue weighted by molar-refractivity contribution is 7.81. The predicted molar refractivity (Wildman–Crippen MR) is 154 cm³/mol. The number of carbonyl (C=O) groups excluding carboxylic acids is 1. The molecule has 0 amide bonds. The van der Waals surface area contributed by atoms with E-state index in [0.717, 1.165) is 33.5 Å². The standard InChI is InChI=1S/C11H8O.C11H8S.C11H10/c2*1-8-6-7-9-4-2-3-5-10(9)11(8)12;1-9-6-7-10-4-2-3-5-11(10)8-9/h2*2-7H,1H2;2-7H,1,8H2. The van der Waals surface area contributed by atoms with Crippen molar-refractivity contribution in [2.75, 3.05) is 0 Å². The molecular formula is C33H26OS. The summed E-state index contributed by atoms with van der Waals surface area (Å²) >= 11 is 5.23. The summed E-state index contributed by atoms with van der Waals surface area (Å²) in [6.07, 6.45) is 12.9. The summed E-state index contributed by atoms with van der Waals surface area (Å²) in [5, 5.41) is 0. The van der Waals surface area contributed by atoms with E-state index >= 15 is 0 Å². The largest absolute Gasteiger partial charge is 0.289 e. The first-order valence-corrected chi connectivity index (χ1v) is 11.8. The Bertz CT molecular complexity index is 1370. The lowest BCUT2D eigenvalue weighted by Crippen LogP contribution is -2.06. The summed E-state index contributed by atoms with van der Waals surface area (Å²) in [5.74, 6) is 0.0353. The maximum atomic E-state index is 11.5. The van der Waals surface area contributed by atoms with Crippen LogP contribution in [0, 0.1) is 0 Å². The lowest BCUT2D eigenvalue weighted by atomic mass is 9.94. The minimum absolute atomic E-state index is 0.0353. The number of benzene rings is 3. The average Bonchev–Trinajstić information content (AvgIpc) is 2.89. The topological polar surface area (TPSA) is 17.1 Å². The molecule has 0 N–H and O–H groups in total. The molecule has 3 aliphatic rings. The fraction of sp³-hybridized carbons (Fsp3) is 0.0303. The molecule has 2 heteroatoms. The number of rotatable bonds is 0. The van der Waals surface area contributed by atoms with Gasteiger partial charge in [0.1, 0.15) is 0 Å². The van der Waals surface area contributed by atoms with Gasteiger partial charge in [-0.1, -0.05) is 147 Å². The highest BCUT2D eigenvalue weighted by Crippen LogP contribution is 2.23. The summed E-state index contributed by atoms with van der Waals surface area (Å²) in [4.78, 5) is 12.3. The minimum Gasteiger partial charge on any atom is -0.289 e. The summed E-state index contributed by atoms with van der Waals surface area (Å²) in [6.45, 7) is 11.5. The van der Waals surface area contributed by atoms with Gasteiger partial charge < -0.3 is 0 Å². The quantitative estimate of drug-likeness (QED) is 0.243. The van der Waals surface area contributed by atoms with Gasteiger partial charge in [0.05, 0.1) is 4.86 Å². The first-order valence-electron chi connectivity index (χ1n) is 11.4. The zero-order valence-corrected chi connectivity index (χ0v) is 20.4. The molecule has 0 saturated heterocycles. The Morgan fingerprint density at radius 3 is 1.80 bits per heavy atom. The predicted octanol–water partition coefficient (Wildman–Crippen LogP) is 8.25. The number of hydrogen-bond acceptors (Lipinski definition) is 2. The molecule has 0 saturated carbocycles. The van der Waals surface area contributed by atoms with Gasteiger partial charge in [-0.3, -0.25) is 4.79 Å². The van der Waals surface area contributed by atoms with E-state index in [4.69, 9.17) is 12.2 Å². The van der Waals surface area contributed by atoms with Crippen LogP contribution in [0.4, 0.5) is 0 Å². The van der Waals surface area contributed by atoms with Crippen molar-refractivity contribution in [1.29, 1.82) is 0 Å². The smallest absolute Gasteiger partial charge is 0.193 e. The van der Waals surface area contributed by atoms with Crippen LogP contribution in [0.3, 0.4) is 0 Å². The second kappa shape index (κ2) is 10.9. The highest BCUT2D eigenvalue weighted by Gasteiger charge is 2.14. The third-order valence-electron chi connectivity index (χ3n) is 5.89. The van der Waals surface area contributed by atoms with Crippen LogP contribution in [0.1, 0.15) is 38.2 Å². The van der Waals surface area contributed by atoms with Gasteiger partial charge in [-0.05, 0) is 34.2 Å². The van der Waals surface area contributed by atoms with Gasteiger partial charge in [-0.2, -0.15) is 0 Å². The molecule has 0 bridgehead atoms. The lowest BCUT2D eigenvalue weighted by molar-refractivity contribution is 0.103. The zero-order valence-electron chi connectivity index (χ0n) is 19.5. The lowest BCUT2D eigenvalue weighted by Gasteiger charge is -2.12. The zero-order chi connectivity index (χ0) is 24.8. The van der Waals surface area contributed by atoms with Crippen molar-refractivity contribution in [3.05, 3.63) is 161 Å². The number of ketones is 1. The summed E-state index contributed by atoms with van der Waals surface area (Å²) in [5.41, 5.74) is 9.47. The van der Waals surface area contributed by atoms with Gasteiger partial charge >= 0.3 is 0 Å². The van der Waals surface area contributed by atoms with Crippen LogP contribution < -0.4 is 0 Å². The van der Waals surface area contributed by atoms with Crippen molar-refractivity contribution in [2.45, 2.75) is 6.42 Å². The molecule has 6 rings (SSSR count). The minimum atomic E-state index is 0.0353. The van der Waals surface area contributed by atoms with Crippen molar-refractivity contribution in [1.82, 2.24) is 0 Å². The third-order valence-corrected chi connectivity index (χ3v) is 6.38. The van der Waals surface area contributed by atoms with Gasteiger partial charge in [-0.15, -0.1) is 0 Å². The van der Waals surface area contributed by atoms with E-state index in [9.17, 15) is 4.79 Å². The van der Waals surface area contributed by atoms with Crippen molar-refractivity contribution >= 4 is 41.1 Å². The SMILES string of the molecule is C=C1C=Cc2ccccc2C1.C=C1C=Cc2ccccc2C1=O.C=C1C=Cc2ccccc2C1=S. The molecule has 1 nitrogen and oxygen atoms in total. The molecule has 0 radical (unpaired) electrons. The van der Waals surface area contributed by atoms with Crippen LogP contribution in [-0.4, -0.2) is 10.6 Å². The second-order valence-electron chi connectivity index (χ2n) is 8.42. The number of allylic oxidation sites excluding steroid dienone is 6. The van der Waals surface area contributed by atoms with E-state index in [0.29, 0.717) is 5.57 Å². The first-order chi connectivity index (χ1) is 16.9. The van der Waals surface area contributed by atoms with Crippen molar-refractivity contribution in [3.8, 4) is 0 Å². The van der Waals surface area contributed by atoms with Crippen molar-refractivity contribution < 1.29 is 4.79 Å². The number of thiocarbonyl (C=S) groups is 1. The second-order valence-corrected chi connectivity index (χ2v) is 8.83. The molecule has 170 valence electrons. The Morgan fingerprint density at radius 1 is 0.571 bits per heavy atom. The molecule has 0 aliphatic heterocycles. The maximum Gasteiger partial charge on any atom is 0.193 e. The fourth-order valence-corrected chi connectivity index (χ4v) is 4.20. The Hall–Kier alpha value is -4.14. The van der Waals surface area contributed by atoms with Gasteiger partial charge in [0.25, 0.3) is 0 Å². The van der Waals surface area contributed by atoms with Crippen LogP contribution in [-0.2, 0) is 6.42 Å². The van der Waals surface area contributed by atoms with E-state index in [2.05, 4.69) is 62.2 Å². The Morgan fingerprint density at radius 2 is 1.09 bits per heavy atom. The molecule has 0 spiro atoms. The van der Waals surface area contributed by atoms with Gasteiger partial charge in [0.2, 0.25) is 0 Å². The summed E-state index contributed by atoms with van der Waals surface area (Å²) in [6, 6.07) is 24.1. The van der Waals surface area contributed by atoms with E-state index in [1.165, 1.54) is 22.3 Å². The fourth-order valence-electron chi connectivity index (χ4n) is 3.95. The summed E-state index contributed by atoms with van der Waals surface area (Å²) in [7, 11) is 0. The van der Waals surface area contributed by atoms with Crippen molar-refractivity contribution in [2.24, 2.45) is 0 Å². The third kappa shape index (κ3) is 5.68. The molecule has 0 aromatic heterocycles.